The highest BCUT2D eigenvalue weighted by atomic mass is 19.1. The molecular weight excluding hydrogens is 269 g/mol. The molecule has 0 heterocycles. The van der Waals surface area contributed by atoms with Gasteiger partial charge in [0.05, 0.1) is 18.8 Å². The summed E-state index contributed by atoms with van der Waals surface area (Å²) in [6.07, 6.45) is -1.78. The molecule has 106 valence electrons. The van der Waals surface area contributed by atoms with E-state index in [1.807, 2.05) is 0 Å². The number of halogens is 3. The Bertz CT molecular complexity index is 594. The van der Waals surface area contributed by atoms with E-state index in [1.165, 1.54) is 25.3 Å². The lowest BCUT2D eigenvalue weighted by Crippen LogP contribution is -2.09. The first kappa shape index (κ1) is 14.4. The van der Waals surface area contributed by atoms with Crippen LogP contribution in [0, 0.1) is 17.5 Å². The molecule has 0 aliphatic heterocycles. The summed E-state index contributed by atoms with van der Waals surface area (Å²) in [6, 6.07) is 7.45. The van der Waals surface area contributed by atoms with Crippen LogP contribution in [-0.2, 0) is 6.42 Å². The van der Waals surface area contributed by atoms with E-state index in [4.69, 9.17) is 4.74 Å². The zero-order valence-electron chi connectivity index (χ0n) is 10.7. The van der Waals surface area contributed by atoms with Crippen molar-refractivity contribution in [2.75, 3.05) is 7.11 Å². The Kier molecular flexibility index (Phi) is 4.29. The Labute approximate surface area is 114 Å². The Hall–Kier alpha value is -2.01. The molecule has 2 aromatic carbocycles. The van der Waals surface area contributed by atoms with Crippen molar-refractivity contribution in [2.45, 2.75) is 12.5 Å². The second kappa shape index (κ2) is 5.96. The molecule has 2 rings (SSSR count). The summed E-state index contributed by atoms with van der Waals surface area (Å²) in [7, 11) is 1.33. The van der Waals surface area contributed by atoms with Crippen molar-refractivity contribution < 1.29 is 23.0 Å². The number of ether oxygens (including phenoxy) is 1. The molecule has 0 aromatic heterocycles. The SMILES string of the molecule is COc1cccc(F)c1C(O)Cc1c(F)cccc1F. The maximum atomic E-state index is 13.8. The van der Waals surface area contributed by atoms with Crippen LogP contribution in [0.2, 0.25) is 0 Å². The first-order valence-corrected chi connectivity index (χ1v) is 5.98. The van der Waals surface area contributed by atoms with Crippen molar-refractivity contribution in [3.05, 3.63) is 65.0 Å². The molecule has 0 aliphatic rings. The van der Waals surface area contributed by atoms with Gasteiger partial charge in [0, 0.05) is 12.0 Å². The summed E-state index contributed by atoms with van der Waals surface area (Å²) < 4.78 is 45.8. The molecule has 0 saturated heterocycles. The van der Waals surface area contributed by atoms with Crippen LogP contribution in [0.5, 0.6) is 5.75 Å². The largest absolute Gasteiger partial charge is 0.496 e. The number of rotatable bonds is 4. The molecule has 2 aromatic rings. The van der Waals surface area contributed by atoms with Crippen LogP contribution in [0.15, 0.2) is 36.4 Å². The molecule has 20 heavy (non-hydrogen) atoms. The number of aliphatic hydroxyl groups is 1. The third kappa shape index (κ3) is 2.77. The molecule has 0 fully saturated rings. The first-order chi connectivity index (χ1) is 9.54. The third-order valence-corrected chi connectivity index (χ3v) is 3.03. The van der Waals surface area contributed by atoms with Crippen LogP contribution in [0.3, 0.4) is 0 Å². The van der Waals surface area contributed by atoms with Crippen molar-refractivity contribution in [3.63, 3.8) is 0 Å². The number of methoxy groups -OCH3 is 1. The Balaban J connectivity index is 2.36. The summed E-state index contributed by atoms with van der Waals surface area (Å²) in [5, 5.41) is 10.1. The van der Waals surface area contributed by atoms with Gasteiger partial charge in [-0.05, 0) is 24.3 Å². The number of benzene rings is 2. The minimum absolute atomic E-state index is 0.113. The summed E-state index contributed by atoms with van der Waals surface area (Å²) in [5.41, 5.74) is -0.400. The van der Waals surface area contributed by atoms with Crippen LogP contribution in [0.1, 0.15) is 17.2 Å². The quantitative estimate of drug-likeness (QED) is 0.931. The van der Waals surface area contributed by atoms with Gasteiger partial charge in [-0.25, -0.2) is 13.2 Å². The fraction of sp³-hybridized carbons (Fsp3) is 0.200. The van der Waals surface area contributed by atoms with Gasteiger partial charge in [0.2, 0.25) is 0 Å². The van der Waals surface area contributed by atoms with E-state index in [2.05, 4.69) is 0 Å². The summed E-state index contributed by atoms with van der Waals surface area (Å²) in [6.45, 7) is 0. The third-order valence-electron chi connectivity index (χ3n) is 3.03. The second-order valence-electron chi connectivity index (χ2n) is 4.28. The summed E-state index contributed by atoms with van der Waals surface area (Å²) >= 11 is 0. The highest BCUT2D eigenvalue weighted by molar-refractivity contribution is 5.37. The predicted octanol–water partition coefficient (Wildman–Crippen LogP) is 3.39. The van der Waals surface area contributed by atoms with E-state index >= 15 is 0 Å². The molecule has 0 spiro atoms. The van der Waals surface area contributed by atoms with Crippen LogP contribution < -0.4 is 4.74 Å². The van der Waals surface area contributed by atoms with Gasteiger partial charge >= 0.3 is 0 Å². The second-order valence-corrected chi connectivity index (χ2v) is 4.28. The van der Waals surface area contributed by atoms with Crippen LogP contribution in [-0.4, -0.2) is 12.2 Å². The monoisotopic (exact) mass is 282 g/mol. The summed E-state index contributed by atoms with van der Waals surface area (Å²) in [4.78, 5) is 0. The number of aliphatic hydroxyl groups excluding tert-OH is 1. The van der Waals surface area contributed by atoms with E-state index in [0.717, 1.165) is 18.2 Å². The lowest BCUT2D eigenvalue weighted by Gasteiger charge is -2.16. The van der Waals surface area contributed by atoms with E-state index in [0.29, 0.717) is 0 Å². The molecule has 0 bridgehead atoms. The molecule has 2 nitrogen and oxygen atoms in total. The maximum Gasteiger partial charge on any atom is 0.132 e. The van der Waals surface area contributed by atoms with Gasteiger partial charge in [-0.15, -0.1) is 0 Å². The average Bonchev–Trinajstić information content (AvgIpc) is 2.42. The van der Waals surface area contributed by atoms with Crippen molar-refractivity contribution in [1.29, 1.82) is 0 Å². The molecular formula is C15H13F3O2. The fourth-order valence-corrected chi connectivity index (χ4v) is 2.04. The summed E-state index contributed by atoms with van der Waals surface area (Å²) in [5.74, 6) is -2.11. The first-order valence-electron chi connectivity index (χ1n) is 5.98. The van der Waals surface area contributed by atoms with Crippen LogP contribution in [0.4, 0.5) is 13.2 Å². The number of hydrogen-bond acceptors (Lipinski definition) is 2. The molecule has 0 saturated carbocycles. The molecule has 0 aliphatic carbocycles. The molecule has 5 heteroatoms. The van der Waals surface area contributed by atoms with Crippen LogP contribution >= 0.6 is 0 Å². The normalized spacial score (nSPS) is 12.2. The van der Waals surface area contributed by atoms with E-state index < -0.39 is 23.6 Å². The zero-order valence-corrected chi connectivity index (χ0v) is 10.7. The van der Waals surface area contributed by atoms with E-state index in [1.54, 1.807) is 0 Å². The molecule has 0 radical (unpaired) electrons. The van der Waals surface area contributed by atoms with Crippen molar-refractivity contribution in [3.8, 4) is 5.75 Å². The molecule has 0 amide bonds. The van der Waals surface area contributed by atoms with Gasteiger partial charge in [-0.1, -0.05) is 12.1 Å². The van der Waals surface area contributed by atoms with Crippen molar-refractivity contribution in [1.82, 2.24) is 0 Å². The minimum atomic E-state index is -1.41. The van der Waals surface area contributed by atoms with E-state index in [9.17, 15) is 18.3 Å². The lowest BCUT2D eigenvalue weighted by molar-refractivity contribution is 0.166. The van der Waals surface area contributed by atoms with Crippen molar-refractivity contribution in [2.24, 2.45) is 0 Å². The standard InChI is InChI=1S/C15H13F3O2/c1-20-14-7-3-6-12(18)15(14)13(19)8-9-10(16)4-2-5-11(9)17/h2-7,13,19H,8H2,1H3. The fourth-order valence-electron chi connectivity index (χ4n) is 2.04. The Morgan fingerprint density at radius 3 is 2.15 bits per heavy atom. The van der Waals surface area contributed by atoms with Gasteiger partial charge in [-0.2, -0.15) is 0 Å². The molecule has 1 unspecified atom stereocenters. The zero-order chi connectivity index (χ0) is 14.7. The number of hydrogen-bond donors (Lipinski definition) is 1. The maximum absolute atomic E-state index is 13.8. The van der Waals surface area contributed by atoms with E-state index in [-0.39, 0.29) is 23.3 Å². The predicted molar refractivity (Wildman–Crippen MR) is 68.0 cm³/mol. The topological polar surface area (TPSA) is 29.5 Å². The lowest BCUT2D eigenvalue weighted by atomic mass is 9.99. The minimum Gasteiger partial charge on any atom is -0.496 e. The van der Waals surface area contributed by atoms with Gasteiger partial charge in [-0.3, -0.25) is 0 Å². The van der Waals surface area contributed by atoms with Gasteiger partial charge < -0.3 is 9.84 Å². The molecule has 1 N–H and O–H groups in total. The highest BCUT2D eigenvalue weighted by Crippen LogP contribution is 2.31. The van der Waals surface area contributed by atoms with Crippen LogP contribution in [0.25, 0.3) is 0 Å². The highest BCUT2D eigenvalue weighted by Gasteiger charge is 2.21. The average molecular weight is 282 g/mol. The van der Waals surface area contributed by atoms with Gasteiger partial charge in [0.25, 0.3) is 0 Å². The van der Waals surface area contributed by atoms with Gasteiger partial charge in [0.15, 0.2) is 0 Å². The Morgan fingerprint density at radius 2 is 1.55 bits per heavy atom. The molecule has 1 atom stereocenters. The Morgan fingerprint density at radius 1 is 1.00 bits per heavy atom. The van der Waals surface area contributed by atoms with Gasteiger partial charge in [0.1, 0.15) is 23.2 Å². The van der Waals surface area contributed by atoms with Crippen molar-refractivity contribution >= 4 is 0 Å². The smallest absolute Gasteiger partial charge is 0.132 e.